The summed E-state index contributed by atoms with van der Waals surface area (Å²) in [5.41, 5.74) is 6.00. The van der Waals surface area contributed by atoms with Crippen LogP contribution in [0.1, 0.15) is 46.8 Å². The molecule has 0 bridgehead atoms. The first-order chi connectivity index (χ1) is 9.40. The molecule has 1 aromatic carbocycles. The molecule has 1 aliphatic heterocycles. The highest BCUT2D eigenvalue weighted by molar-refractivity contribution is 5.45. The molecule has 0 saturated carbocycles. The standard InChI is InChI=1S/C17H27NO2/c1-11-9-12(2)14(4)17(13(11)3)16(20)10-18-7-5-15(19)6-8-18/h9,15-16,19-20H,5-8,10H2,1-4H3. The SMILES string of the molecule is Cc1cc(C)c(C)c(C(O)CN2CCC(O)CC2)c1C. The Balaban J connectivity index is 2.15. The summed E-state index contributed by atoms with van der Waals surface area (Å²) in [6, 6.07) is 2.19. The third kappa shape index (κ3) is 3.22. The Kier molecular flexibility index (Phi) is 4.84. The third-order valence-electron chi connectivity index (χ3n) is 4.75. The molecule has 0 radical (unpaired) electrons. The van der Waals surface area contributed by atoms with Gasteiger partial charge in [-0.05, 0) is 68.4 Å². The molecule has 0 spiro atoms. The molecule has 1 aliphatic rings. The highest BCUT2D eigenvalue weighted by atomic mass is 16.3. The van der Waals surface area contributed by atoms with Crippen molar-refractivity contribution in [3.05, 3.63) is 33.9 Å². The molecule has 3 nitrogen and oxygen atoms in total. The molecule has 0 aliphatic carbocycles. The molecule has 1 saturated heterocycles. The highest BCUT2D eigenvalue weighted by Gasteiger charge is 2.22. The summed E-state index contributed by atoms with van der Waals surface area (Å²) in [7, 11) is 0. The number of nitrogens with zero attached hydrogens (tertiary/aromatic N) is 1. The van der Waals surface area contributed by atoms with Crippen LogP contribution in [0.5, 0.6) is 0 Å². The van der Waals surface area contributed by atoms with E-state index >= 15 is 0 Å². The van der Waals surface area contributed by atoms with E-state index in [0.717, 1.165) is 31.5 Å². The number of benzene rings is 1. The van der Waals surface area contributed by atoms with Crippen LogP contribution in [0.15, 0.2) is 6.07 Å². The molecule has 3 heteroatoms. The van der Waals surface area contributed by atoms with E-state index in [9.17, 15) is 10.2 Å². The largest absolute Gasteiger partial charge is 0.393 e. The molecule has 0 aromatic heterocycles. The first-order valence-corrected chi connectivity index (χ1v) is 7.56. The van der Waals surface area contributed by atoms with Crippen LogP contribution in [0.3, 0.4) is 0 Å². The van der Waals surface area contributed by atoms with Gasteiger partial charge in [0.05, 0.1) is 12.2 Å². The number of aryl methyl sites for hydroxylation is 2. The fraction of sp³-hybridized carbons (Fsp3) is 0.647. The summed E-state index contributed by atoms with van der Waals surface area (Å²) in [6.07, 6.45) is 1.03. The Morgan fingerprint density at radius 3 is 2.10 bits per heavy atom. The van der Waals surface area contributed by atoms with Crippen molar-refractivity contribution < 1.29 is 10.2 Å². The summed E-state index contributed by atoms with van der Waals surface area (Å²) >= 11 is 0. The number of likely N-dealkylation sites (tertiary alicyclic amines) is 1. The molecule has 1 heterocycles. The van der Waals surface area contributed by atoms with Crippen molar-refractivity contribution in [2.24, 2.45) is 0 Å². The normalized spacial score (nSPS) is 19.3. The molecule has 112 valence electrons. The summed E-state index contributed by atoms with van der Waals surface area (Å²) in [4.78, 5) is 2.26. The zero-order valence-electron chi connectivity index (χ0n) is 13.1. The van der Waals surface area contributed by atoms with E-state index < -0.39 is 6.10 Å². The number of β-amino-alcohol motifs (C(OH)–C–C–N with tert-alkyl or cyclic N) is 1. The first kappa shape index (κ1) is 15.5. The van der Waals surface area contributed by atoms with Crippen LogP contribution in [0.25, 0.3) is 0 Å². The lowest BCUT2D eigenvalue weighted by molar-refractivity contribution is 0.0504. The van der Waals surface area contributed by atoms with Gasteiger partial charge < -0.3 is 15.1 Å². The van der Waals surface area contributed by atoms with Crippen LogP contribution in [-0.2, 0) is 0 Å². The second kappa shape index (κ2) is 6.25. The van der Waals surface area contributed by atoms with Crippen molar-refractivity contribution in [1.29, 1.82) is 0 Å². The molecule has 2 N–H and O–H groups in total. The van der Waals surface area contributed by atoms with E-state index in [2.05, 4.69) is 38.7 Å². The fourth-order valence-corrected chi connectivity index (χ4v) is 3.18. The lowest BCUT2D eigenvalue weighted by atomic mass is 9.90. The lowest BCUT2D eigenvalue weighted by Crippen LogP contribution is -2.38. The minimum Gasteiger partial charge on any atom is -0.393 e. The average Bonchev–Trinajstić information content (AvgIpc) is 2.39. The zero-order valence-corrected chi connectivity index (χ0v) is 13.1. The molecule has 1 aromatic rings. The molecule has 1 fully saturated rings. The Labute approximate surface area is 122 Å². The maximum atomic E-state index is 10.6. The van der Waals surface area contributed by atoms with Gasteiger partial charge in [-0.1, -0.05) is 6.07 Å². The minimum absolute atomic E-state index is 0.159. The second-order valence-corrected chi connectivity index (χ2v) is 6.22. The molecular formula is C17H27NO2. The van der Waals surface area contributed by atoms with E-state index in [1.165, 1.54) is 22.3 Å². The van der Waals surface area contributed by atoms with Gasteiger partial charge in [-0.2, -0.15) is 0 Å². The Morgan fingerprint density at radius 1 is 1.10 bits per heavy atom. The summed E-state index contributed by atoms with van der Waals surface area (Å²) in [6.45, 7) is 10.8. The van der Waals surface area contributed by atoms with Crippen LogP contribution < -0.4 is 0 Å². The van der Waals surface area contributed by atoms with Gasteiger partial charge in [-0.3, -0.25) is 0 Å². The molecular weight excluding hydrogens is 250 g/mol. The van der Waals surface area contributed by atoms with Gasteiger partial charge in [0.1, 0.15) is 0 Å². The van der Waals surface area contributed by atoms with Crippen molar-refractivity contribution in [1.82, 2.24) is 4.90 Å². The van der Waals surface area contributed by atoms with Crippen molar-refractivity contribution >= 4 is 0 Å². The quantitative estimate of drug-likeness (QED) is 0.891. The maximum absolute atomic E-state index is 10.6. The smallest absolute Gasteiger partial charge is 0.0922 e. The lowest BCUT2D eigenvalue weighted by Gasteiger charge is -2.32. The van der Waals surface area contributed by atoms with Crippen molar-refractivity contribution in [2.45, 2.75) is 52.7 Å². The van der Waals surface area contributed by atoms with E-state index in [0.29, 0.717) is 6.54 Å². The van der Waals surface area contributed by atoms with Gasteiger partial charge in [0, 0.05) is 19.6 Å². The predicted octanol–water partition coefficient (Wildman–Crippen LogP) is 2.41. The van der Waals surface area contributed by atoms with Crippen LogP contribution in [0, 0.1) is 27.7 Å². The number of aliphatic hydroxyl groups excluding tert-OH is 2. The Hall–Kier alpha value is -0.900. The van der Waals surface area contributed by atoms with Gasteiger partial charge in [0.15, 0.2) is 0 Å². The Bertz CT molecular complexity index is 450. The number of piperidine rings is 1. The maximum Gasteiger partial charge on any atom is 0.0922 e. The summed E-state index contributed by atoms with van der Waals surface area (Å²) in [5.74, 6) is 0. The Morgan fingerprint density at radius 2 is 1.60 bits per heavy atom. The second-order valence-electron chi connectivity index (χ2n) is 6.22. The van der Waals surface area contributed by atoms with Crippen LogP contribution >= 0.6 is 0 Å². The van der Waals surface area contributed by atoms with E-state index in [1.807, 2.05) is 0 Å². The van der Waals surface area contributed by atoms with Gasteiger partial charge in [-0.15, -0.1) is 0 Å². The van der Waals surface area contributed by atoms with Crippen LogP contribution in [0.2, 0.25) is 0 Å². The van der Waals surface area contributed by atoms with Gasteiger partial charge >= 0.3 is 0 Å². The topological polar surface area (TPSA) is 43.7 Å². The summed E-state index contributed by atoms with van der Waals surface area (Å²) < 4.78 is 0. The minimum atomic E-state index is -0.441. The number of hydrogen-bond donors (Lipinski definition) is 2. The molecule has 1 atom stereocenters. The number of rotatable bonds is 3. The van der Waals surface area contributed by atoms with Crippen molar-refractivity contribution in [2.75, 3.05) is 19.6 Å². The van der Waals surface area contributed by atoms with Crippen LogP contribution in [-0.4, -0.2) is 40.9 Å². The molecule has 20 heavy (non-hydrogen) atoms. The van der Waals surface area contributed by atoms with E-state index in [4.69, 9.17) is 0 Å². The molecule has 0 amide bonds. The average molecular weight is 277 g/mol. The summed E-state index contributed by atoms with van der Waals surface area (Å²) in [5, 5.41) is 20.2. The third-order valence-corrected chi connectivity index (χ3v) is 4.75. The number of hydrogen-bond acceptors (Lipinski definition) is 3. The fourth-order valence-electron chi connectivity index (χ4n) is 3.18. The van der Waals surface area contributed by atoms with Gasteiger partial charge in [0.2, 0.25) is 0 Å². The number of aliphatic hydroxyl groups is 2. The van der Waals surface area contributed by atoms with Gasteiger partial charge in [-0.25, -0.2) is 0 Å². The first-order valence-electron chi connectivity index (χ1n) is 7.56. The van der Waals surface area contributed by atoms with Gasteiger partial charge in [0.25, 0.3) is 0 Å². The van der Waals surface area contributed by atoms with Crippen molar-refractivity contribution in [3.8, 4) is 0 Å². The van der Waals surface area contributed by atoms with E-state index in [1.54, 1.807) is 0 Å². The monoisotopic (exact) mass is 277 g/mol. The van der Waals surface area contributed by atoms with E-state index in [-0.39, 0.29) is 6.10 Å². The molecule has 2 rings (SSSR count). The zero-order chi connectivity index (χ0) is 14.9. The molecule has 1 unspecified atom stereocenters. The highest BCUT2D eigenvalue weighted by Crippen LogP contribution is 2.28. The van der Waals surface area contributed by atoms with Crippen LogP contribution in [0.4, 0.5) is 0 Å². The van der Waals surface area contributed by atoms with Crippen molar-refractivity contribution in [3.63, 3.8) is 0 Å². The predicted molar refractivity (Wildman–Crippen MR) is 82.0 cm³/mol.